The number of aliphatic imine (C=N–C) groups is 1. The SMILES string of the molecule is C=C(N=C(N)c1cccc(-c2ccc3c(c2)c2ccccc2n3-c2ccccc2)c1)C(=C)c1ccccc1C.CC.CC. The monoisotopic (exact) mass is 563 g/mol. The summed E-state index contributed by atoms with van der Waals surface area (Å²) in [5.41, 5.74) is 16.5. The second-order valence-corrected chi connectivity index (χ2v) is 9.74. The van der Waals surface area contributed by atoms with E-state index < -0.39 is 0 Å². The molecule has 5 aromatic carbocycles. The minimum atomic E-state index is 0.415. The first-order chi connectivity index (χ1) is 21.0. The molecule has 0 atom stereocenters. The standard InChI is InChI=1S/C36H29N3.2C2H6/c1-24-12-7-8-17-31(24)25(2)26(3)38-36(37)29-14-11-13-27(22-29)28-20-21-35-33(23-28)32-18-9-10-19-34(32)39(35)30-15-5-4-6-16-30;2*1-2/h4-23H,2-3H2,1H3,(H2,37,38);2*1-2H3. The number of para-hydroxylation sites is 2. The molecule has 0 unspecified atom stereocenters. The van der Waals surface area contributed by atoms with Crippen LogP contribution in [0.25, 0.3) is 44.2 Å². The van der Waals surface area contributed by atoms with Crippen LogP contribution in [0.4, 0.5) is 0 Å². The molecule has 0 aliphatic carbocycles. The fourth-order valence-electron chi connectivity index (χ4n) is 5.21. The predicted octanol–water partition coefficient (Wildman–Crippen LogP) is 10.7. The van der Waals surface area contributed by atoms with E-state index in [-0.39, 0.29) is 0 Å². The van der Waals surface area contributed by atoms with Crippen molar-refractivity contribution in [1.29, 1.82) is 0 Å². The Morgan fingerprint density at radius 2 is 1.26 bits per heavy atom. The van der Waals surface area contributed by atoms with Gasteiger partial charge in [0.15, 0.2) is 0 Å². The Bertz CT molecular complexity index is 1910. The molecule has 2 N–H and O–H groups in total. The van der Waals surface area contributed by atoms with E-state index in [1.54, 1.807) is 0 Å². The smallest absolute Gasteiger partial charge is 0.131 e. The summed E-state index contributed by atoms with van der Waals surface area (Å²) in [6.45, 7) is 18.4. The largest absolute Gasteiger partial charge is 0.383 e. The summed E-state index contributed by atoms with van der Waals surface area (Å²) >= 11 is 0. The summed E-state index contributed by atoms with van der Waals surface area (Å²) < 4.78 is 2.32. The molecule has 1 heterocycles. The summed E-state index contributed by atoms with van der Waals surface area (Å²) in [4.78, 5) is 4.62. The third-order valence-electron chi connectivity index (χ3n) is 7.25. The van der Waals surface area contributed by atoms with Crippen molar-refractivity contribution in [2.75, 3.05) is 0 Å². The number of hydrogen-bond donors (Lipinski definition) is 1. The van der Waals surface area contributed by atoms with E-state index in [4.69, 9.17) is 5.73 Å². The Morgan fingerprint density at radius 3 is 2.00 bits per heavy atom. The normalized spacial score (nSPS) is 10.9. The fourth-order valence-corrected chi connectivity index (χ4v) is 5.21. The first-order valence-electron chi connectivity index (χ1n) is 15.0. The zero-order valence-corrected chi connectivity index (χ0v) is 25.9. The van der Waals surface area contributed by atoms with E-state index in [1.807, 2.05) is 64.1 Å². The van der Waals surface area contributed by atoms with Crippen molar-refractivity contribution < 1.29 is 0 Å². The van der Waals surface area contributed by atoms with Crippen molar-refractivity contribution in [1.82, 2.24) is 4.57 Å². The van der Waals surface area contributed by atoms with Crippen molar-refractivity contribution in [3.63, 3.8) is 0 Å². The number of nitrogens with zero attached hydrogens (tertiary/aromatic N) is 2. The summed E-state index contributed by atoms with van der Waals surface area (Å²) in [6, 6.07) is 42.0. The number of hydrogen-bond acceptors (Lipinski definition) is 1. The van der Waals surface area contributed by atoms with E-state index in [0.29, 0.717) is 11.5 Å². The summed E-state index contributed by atoms with van der Waals surface area (Å²) in [6.07, 6.45) is 0. The van der Waals surface area contributed by atoms with Gasteiger partial charge in [-0.1, -0.05) is 126 Å². The van der Waals surface area contributed by atoms with Crippen LogP contribution in [0.15, 0.2) is 145 Å². The van der Waals surface area contributed by atoms with E-state index in [2.05, 4.69) is 115 Å². The molecule has 0 radical (unpaired) electrons. The van der Waals surface area contributed by atoms with Crippen LogP contribution in [0.2, 0.25) is 0 Å². The van der Waals surface area contributed by atoms with Crippen LogP contribution in [0, 0.1) is 6.92 Å². The lowest BCUT2D eigenvalue weighted by Crippen LogP contribution is -2.13. The van der Waals surface area contributed by atoms with Gasteiger partial charge in [-0.3, -0.25) is 0 Å². The lowest BCUT2D eigenvalue weighted by atomic mass is 9.99. The fraction of sp³-hybridized carbons (Fsp3) is 0.125. The molecular formula is C40H41N3. The highest BCUT2D eigenvalue weighted by molar-refractivity contribution is 6.10. The van der Waals surface area contributed by atoms with Gasteiger partial charge in [-0.25, -0.2) is 4.99 Å². The molecule has 216 valence electrons. The van der Waals surface area contributed by atoms with Gasteiger partial charge < -0.3 is 10.3 Å². The van der Waals surface area contributed by atoms with Crippen LogP contribution in [-0.4, -0.2) is 10.4 Å². The second kappa shape index (κ2) is 14.2. The number of benzene rings is 5. The minimum Gasteiger partial charge on any atom is -0.383 e. The molecule has 3 heteroatoms. The van der Waals surface area contributed by atoms with Crippen LogP contribution in [0.1, 0.15) is 44.4 Å². The number of rotatable bonds is 6. The Hall–Kier alpha value is -5.15. The lowest BCUT2D eigenvalue weighted by molar-refractivity contribution is 1.18. The highest BCUT2D eigenvalue weighted by atomic mass is 15.0. The minimum absolute atomic E-state index is 0.415. The molecule has 6 rings (SSSR count). The van der Waals surface area contributed by atoms with Gasteiger partial charge in [0.2, 0.25) is 0 Å². The lowest BCUT2D eigenvalue weighted by Gasteiger charge is -2.11. The number of nitrogens with two attached hydrogens (primary N) is 1. The van der Waals surface area contributed by atoms with Crippen molar-refractivity contribution >= 4 is 33.2 Å². The maximum atomic E-state index is 6.47. The average molecular weight is 564 g/mol. The molecular weight excluding hydrogens is 522 g/mol. The van der Waals surface area contributed by atoms with E-state index in [9.17, 15) is 0 Å². The Balaban J connectivity index is 0.00000102. The highest BCUT2D eigenvalue weighted by Crippen LogP contribution is 2.35. The number of aromatic nitrogens is 1. The maximum Gasteiger partial charge on any atom is 0.131 e. The van der Waals surface area contributed by atoms with Gasteiger partial charge in [-0.05, 0) is 71.1 Å². The third kappa shape index (κ3) is 6.37. The Morgan fingerprint density at radius 1 is 0.628 bits per heavy atom. The second-order valence-electron chi connectivity index (χ2n) is 9.74. The molecule has 0 fully saturated rings. The van der Waals surface area contributed by atoms with Gasteiger partial charge in [0, 0.05) is 22.0 Å². The number of amidine groups is 1. The Kier molecular flexibility index (Phi) is 10.1. The molecule has 0 saturated carbocycles. The molecule has 6 aromatic rings. The molecule has 0 aliphatic rings. The summed E-state index contributed by atoms with van der Waals surface area (Å²) in [7, 11) is 0. The maximum absolute atomic E-state index is 6.47. The molecule has 0 saturated heterocycles. The van der Waals surface area contributed by atoms with Gasteiger partial charge in [0.05, 0.1) is 16.7 Å². The predicted molar refractivity (Wildman–Crippen MR) is 189 cm³/mol. The molecule has 0 bridgehead atoms. The molecule has 0 spiro atoms. The van der Waals surface area contributed by atoms with Crippen molar-refractivity contribution in [3.05, 3.63) is 157 Å². The van der Waals surface area contributed by atoms with Gasteiger partial charge in [0.1, 0.15) is 5.84 Å². The van der Waals surface area contributed by atoms with Crippen LogP contribution in [0.3, 0.4) is 0 Å². The van der Waals surface area contributed by atoms with E-state index in [1.165, 1.54) is 21.8 Å². The first-order valence-corrected chi connectivity index (χ1v) is 15.0. The highest BCUT2D eigenvalue weighted by Gasteiger charge is 2.13. The topological polar surface area (TPSA) is 43.3 Å². The number of allylic oxidation sites excluding steroid dienone is 1. The third-order valence-corrected chi connectivity index (χ3v) is 7.25. The zero-order valence-electron chi connectivity index (χ0n) is 25.9. The summed E-state index contributed by atoms with van der Waals surface area (Å²) in [5.74, 6) is 0.415. The molecule has 0 aliphatic heterocycles. The molecule has 43 heavy (non-hydrogen) atoms. The van der Waals surface area contributed by atoms with Crippen molar-refractivity contribution in [2.45, 2.75) is 34.6 Å². The van der Waals surface area contributed by atoms with Crippen LogP contribution in [0.5, 0.6) is 0 Å². The van der Waals surface area contributed by atoms with Crippen molar-refractivity contribution in [2.24, 2.45) is 10.7 Å². The van der Waals surface area contributed by atoms with Crippen LogP contribution >= 0.6 is 0 Å². The van der Waals surface area contributed by atoms with Crippen LogP contribution in [-0.2, 0) is 0 Å². The van der Waals surface area contributed by atoms with Gasteiger partial charge >= 0.3 is 0 Å². The summed E-state index contributed by atoms with van der Waals surface area (Å²) in [5, 5.41) is 2.43. The zero-order chi connectivity index (χ0) is 30.9. The molecule has 0 amide bonds. The van der Waals surface area contributed by atoms with E-state index in [0.717, 1.165) is 39.1 Å². The Labute approximate surface area is 256 Å². The molecule has 1 aromatic heterocycles. The van der Waals surface area contributed by atoms with Gasteiger partial charge in [-0.15, -0.1) is 0 Å². The average Bonchev–Trinajstić information content (AvgIpc) is 3.40. The van der Waals surface area contributed by atoms with Crippen molar-refractivity contribution in [3.8, 4) is 16.8 Å². The number of aryl methyl sites for hydroxylation is 1. The quantitative estimate of drug-likeness (QED) is 0.122. The van der Waals surface area contributed by atoms with E-state index >= 15 is 0 Å². The van der Waals surface area contributed by atoms with Gasteiger partial charge in [-0.2, -0.15) is 0 Å². The molecule has 3 nitrogen and oxygen atoms in total. The number of fused-ring (bicyclic) bond motifs is 3. The first kappa shape index (κ1) is 30.8. The van der Waals surface area contributed by atoms with Crippen LogP contribution < -0.4 is 5.73 Å². The van der Waals surface area contributed by atoms with Gasteiger partial charge in [0.25, 0.3) is 0 Å².